The van der Waals surface area contributed by atoms with E-state index in [1.54, 1.807) is 29.1 Å². The maximum atomic E-state index is 13.5. The highest BCUT2D eigenvalue weighted by molar-refractivity contribution is 5.89. The largest absolute Gasteiger partial charge is 0.465 e. The molecule has 0 radical (unpaired) electrons. The first-order valence-corrected chi connectivity index (χ1v) is 10.5. The molecule has 0 N–H and O–H groups in total. The minimum absolute atomic E-state index is 0.00801. The molecule has 4 heterocycles. The van der Waals surface area contributed by atoms with Crippen molar-refractivity contribution in [1.82, 2.24) is 24.0 Å². The molecule has 162 valence electrons. The maximum Gasteiger partial charge on any atom is 0.337 e. The van der Waals surface area contributed by atoms with Gasteiger partial charge in [0.15, 0.2) is 5.65 Å². The molecule has 1 atom stereocenters. The van der Waals surface area contributed by atoms with Gasteiger partial charge in [-0.15, -0.1) is 0 Å². The standard InChI is InChI=1S/C24H23N5O3/c1-32-23(30)17-9-12-25-18(14-17)15-27-13-10-20(16-27)29-22-21(8-5-11-26-22)28(24(29)31)19-6-3-2-4-7-19/h2-9,11-12,14,20H,10,13,15-16H2,1H3/t20-/m0/s1. The lowest BCUT2D eigenvalue weighted by Gasteiger charge is -2.16. The number of pyridine rings is 2. The molecule has 0 unspecified atom stereocenters. The number of rotatable bonds is 5. The van der Waals surface area contributed by atoms with E-state index in [2.05, 4.69) is 14.9 Å². The van der Waals surface area contributed by atoms with Crippen LogP contribution in [0, 0.1) is 0 Å². The molecule has 4 aromatic rings. The number of nitrogens with zero attached hydrogens (tertiary/aromatic N) is 5. The molecule has 8 heteroatoms. The number of benzene rings is 1. The van der Waals surface area contributed by atoms with Crippen LogP contribution in [0.4, 0.5) is 0 Å². The smallest absolute Gasteiger partial charge is 0.337 e. The van der Waals surface area contributed by atoms with Crippen molar-refractivity contribution in [2.75, 3.05) is 20.2 Å². The third kappa shape index (κ3) is 3.58. The molecule has 3 aromatic heterocycles. The van der Waals surface area contributed by atoms with Crippen molar-refractivity contribution in [3.05, 3.63) is 88.7 Å². The summed E-state index contributed by atoms with van der Waals surface area (Å²) in [5.41, 5.74) is 3.52. The van der Waals surface area contributed by atoms with Crippen LogP contribution >= 0.6 is 0 Å². The number of ether oxygens (including phenoxy) is 1. The Morgan fingerprint density at radius 2 is 1.94 bits per heavy atom. The number of para-hydroxylation sites is 1. The van der Waals surface area contributed by atoms with Gasteiger partial charge in [-0.2, -0.15) is 0 Å². The number of carbonyl (C=O) groups excluding carboxylic acids is 1. The number of likely N-dealkylation sites (tertiary alicyclic amines) is 1. The van der Waals surface area contributed by atoms with E-state index in [0.29, 0.717) is 24.3 Å². The molecule has 0 amide bonds. The Kier molecular flexibility index (Phi) is 5.28. The van der Waals surface area contributed by atoms with Crippen molar-refractivity contribution in [1.29, 1.82) is 0 Å². The van der Waals surface area contributed by atoms with Gasteiger partial charge in [0.2, 0.25) is 0 Å². The molecule has 1 aromatic carbocycles. The SMILES string of the molecule is COC(=O)c1ccnc(CN2CC[C@H](n3c(=O)n(-c4ccccc4)c4cccnc43)C2)c1. The first-order valence-electron chi connectivity index (χ1n) is 10.5. The molecule has 32 heavy (non-hydrogen) atoms. The summed E-state index contributed by atoms with van der Waals surface area (Å²) in [6.45, 7) is 2.13. The van der Waals surface area contributed by atoms with Crippen LogP contribution in [-0.4, -0.2) is 50.2 Å². The molecular weight excluding hydrogens is 406 g/mol. The lowest BCUT2D eigenvalue weighted by atomic mass is 10.2. The van der Waals surface area contributed by atoms with Crippen LogP contribution in [0.15, 0.2) is 71.8 Å². The molecule has 0 aliphatic carbocycles. The van der Waals surface area contributed by atoms with Crippen molar-refractivity contribution in [2.45, 2.75) is 19.0 Å². The molecule has 1 aliphatic rings. The summed E-state index contributed by atoms with van der Waals surface area (Å²) in [6.07, 6.45) is 4.18. The predicted molar refractivity (Wildman–Crippen MR) is 120 cm³/mol. The number of fused-ring (bicyclic) bond motifs is 1. The van der Waals surface area contributed by atoms with E-state index in [1.165, 1.54) is 7.11 Å². The molecule has 5 rings (SSSR count). The third-order valence-corrected chi connectivity index (χ3v) is 5.88. The van der Waals surface area contributed by atoms with E-state index in [9.17, 15) is 9.59 Å². The second-order valence-electron chi connectivity index (χ2n) is 7.87. The Balaban J connectivity index is 1.44. The van der Waals surface area contributed by atoms with Gasteiger partial charge in [-0.25, -0.2) is 14.6 Å². The Hall–Kier alpha value is -3.78. The summed E-state index contributed by atoms with van der Waals surface area (Å²) in [7, 11) is 1.37. The summed E-state index contributed by atoms with van der Waals surface area (Å²) >= 11 is 0. The third-order valence-electron chi connectivity index (χ3n) is 5.88. The normalized spacial score (nSPS) is 16.5. The lowest BCUT2D eigenvalue weighted by molar-refractivity contribution is 0.0600. The van der Waals surface area contributed by atoms with Crippen LogP contribution in [0.5, 0.6) is 0 Å². The zero-order chi connectivity index (χ0) is 22.1. The summed E-state index contributed by atoms with van der Waals surface area (Å²) in [6, 6.07) is 16.8. The molecule has 0 bridgehead atoms. The van der Waals surface area contributed by atoms with E-state index in [-0.39, 0.29) is 17.7 Å². The van der Waals surface area contributed by atoms with Gasteiger partial charge in [0, 0.05) is 32.0 Å². The quantitative estimate of drug-likeness (QED) is 0.454. The molecule has 1 fully saturated rings. The number of aromatic nitrogens is 4. The second kappa shape index (κ2) is 8.39. The Bertz CT molecular complexity index is 1330. The van der Waals surface area contributed by atoms with Gasteiger partial charge in [-0.1, -0.05) is 18.2 Å². The number of carbonyl (C=O) groups is 1. The number of hydrogen-bond donors (Lipinski definition) is 0. The average Bonchev–Trinajstić information content (AvgIpc) is 3.40. The van der Waals surface area contributed by atoms with Gasteiger partial charge in [-0.3, -0.25) is 19.0 Å². The van der Waals surface area contributed by atoms with Crippen LogP contribution in [0.2, 0.25) is 0 Å². The van der Waals surface area contributed by atoms with E-state index >= 15 is 0 Å². The van der Waals surface area contributed by atoms with E-state index in [1.807, 2.05) is 47.0 Å². The average molecular weight is 429 g/mol. The molecule has 1 aliphatic heterocycles. The highest BCUT2D eigenvalue weighted by Gasteiger charge is 2.29. The zero-order valence-electron chi connectivity index (χ0n) is 17.7. The molecule has 1 saturated heterocycles. The van der Waals surface area contributed by atoms with Gasteiger partial charge in [0.05, 0.1) is 35.6 Å². The maximum absolute atomic E-state index is 13.5. The highest BCUT2D eigenvalue weighted by Crippen LogP contribution is 2.26. The Morgan fingerprint density at radius 3 is 2.75 bits per heavy atom. The number of imidazole rings is 1. The van der Waals surface area contributed by atoms with E-state index in [0.717, 1.165) is 29.9 Å². The number of hydrogen-bond acceptors (Lipinski definition) is 6. The summed E-state index contributed by atoms with van der Waals surface area (Å²) in [4.78, 5) is 36.5. The van der Waals surface area contributed by atoms with E-state index < -0.39 is 0 Å². The number of methoxy groups -OCH3 is 1. The van der Waals surface area contributed by atoms with Crippen molar-refractivity contribution in [2.24, 2.45) is 0 Å². The van der Waals surface area contributed by atoms with Gasteiger partial charge >= 0.3 is 11.7 Å². The first kappa shape index (κ1) is 20.1. The van der Waals surface area contributed by atoms with Crippen molar-refractivity contribution in [3.63, 3.8) is 0 Å². The van der Waals surface area contributed by atoms with Crippen molar-refractivity contribution in [3.8, 4) is 5.69 Å². The highest BCUT2D eigenvalue weighted by atomic mass is 16.5. The summed E-state index contributed by atoms with van der Waals surface area (Å²) in [5.74, 6) is -0.376. The Morgan fingerprint density at radius 1 is 1.09 bits per heavy atom. The van der Waals surface area contributed by atoms with Gasteiger partial charge < -0.3 is 4.74 Å². The molecule has 0 spiro atoms. The Labute approximate surface area is 184 Å². The van der Waals surface area contributed by atoms with Crippen LogP contribution in [0.25, 0.3) is 16.9 Å². The minimum Gasteiger partial charge on any atom is -0.465 e. The fourth-order valence-electron chi connectivity index (χ4n) is 4.41. The summed E-state index contributed by atoms with van der Waals surface area (Å²) in [5, 5.41) is 0. The predicted octanol–water partition coefficient (Wildman–Crippen LogP) is 2.82. The molecule has 0 saturated carbocycles. The molecule has 8 nitrogen and oxygen atoms in total. The van der Waals surface area contributed by atoms with Gasteiger partial charge in [0.25, 0.3) is 0 Å². The fraction of sp³-hybridized carbons (Fsp3) is 0.250. The topological polar surface area (TPSA) is 82.3 Å². The zero-order valence-corrected chi connectivity index (χ0v) is 17.7. The minimum atomic E-state index is -0.376. The van der Waals surface area contributed by atoms with Crippen molar-refractivity contribution >= 4 is 17.1 Å². The first-order chi connectivity index (χ1) is 15.7. The van der Waals surface area contributed by atoms with Gasteiger partial charge in [-0.05, 0) is 42.8 Å². The summed E-state index contributed by atoms with van der Waals surface area (Å²) < 4.78 is 8.35. The van der Waals surface area contributed by atoms with E-state index in [4.69, 9.17) is 4.74 Å². The van der Waals surface area contributed by atoms with Crippen molar-refractivity contribution < 1.29 is 9.53 Å². The molecular formula is C24H23N5O3. The van der Waals surface area contributed by atoms with Crippen LogP contribution in [-0.2, 0) is 11.3 Å². The lowest BCUT2D eigenvalue weighted by Crippen LogP contribution is -2.29. The monoisotopic (exact) mass is 429 g/mol. The number of esters is 1. The fourth-order valence-corrected chi connectivity index (χ4v) is 4.41. The van der Waals surface area contributed by atoms with Crippen LogP contribution in [0.1, 0.15) is 28.5 Å². The van der Waals surface area contributed by atoms with Gasteiger partial charge in [0.1, 0.15) is 0 Å². The van der Waals surface area contributed by atoms with Crippen LogP contribution in [0.3, 0.4) is 0 Å². The van der Waals surface area contributed by atoms with Crippen LogP contribution < -0.4 is 5.69 Å². The second-order valence-corrected chi connectivity index (χ2v) is 7.87.